The van der Waals surface area contributed by atoms with Gasteiger partial charge in [0.15, 0.2) is 0 Å². The van der Waals surface area contributed by atoms with Crippen molar-refractivity contribution in [3.63, 3.8) is 0 Å². The van der Waals surface area contributed by atoms with Crippen LogP contribution in [0.3, 0.4) is 0 Å². The van der Waals surface area contributed by atoms with E-state index in [1.54, 1.807) is 30.3 Å². The number of aliphatic hydroxyl groups excluding tert-OH is 1. The Labute approximate surface area is 125 Å². The van der Waals surface area contributed by atoms with Crippen molar-refractivity contribution in [2.75, 3.05) is 7.11 Å². The van der Waals surface area contributed by atoms with Gasteiger partial charge in [-0.2, -0.15) is 0 Å². The second-order valence-electron chi connectivity index (χ2n) is 4.13. The standard InChI is InChI=1S/C15H14BrFO3/c1-19-12-6-5-11(14(17)7-12)9-20-15-10(8-18)3-2-4-13(15)16/h2-7,18H,8-9H2,1H3. The molecule has 0 aliphatic rings. The van der Waals surface area contributed by atoms with E-state index in [1.165, 1.54) is 13.2 Å². The van der Waals surface area contributed by atoms with Crippen LogP contribution in [0, 0.1) is 5.82 Å². The van der Waals surface area contributed by atoms with E-state index in [0.29, 0.717) is 22.6 Å². The molecule has 0 heterocycles. The van der Waals surface area contributed by atoms with Crippen molar-refractivity contribution in [3.8, 4) is 11.5 Å². The van der Waals surface area contributed by atoms with Gasteiger partial charge in [0.2, 0.25) is 0 Å². The van der Waals surface area contributed by atoms with Crippen molar-refractivity contribution in [2.45, 2.75) is 13.2 Å². The van der Waals surface area contributed by atoms with E-state index in [1.807, 2.05) is 0 Å². The molecule has 2 aromatic rings. The Morgan fingerprint density at radius 1 is 1.20 bits per heavy atom. The van der Waals surface area contributed by atoms with Crippen molar-refractivity contribution in [1.82, 2.24) is 0 Å². The van der Waals surface area contributed by atoms with Crippen molar-refractivity contribution in [1.29, 1.82) is 0 Å². The second kappa shape index (κ2) is 6.72. The monoisotopic (exact) mass is 340 g/mol. The molecule has 3 nitrogen and oxygen atoms in total. The molecule has 0 fully saturated rings. The summed E-state index contributed by atoms with van der Waals surface area (Å²) in [6.45, 7) is -0.0642. The summed E-state index contributed by atoms with van der Waals surface area (Å²) in [4.78, 5) is 0. The minimum atomic E-state index is -0.387. The van der Waals surface area contributed by atoms with Crippen LogP contribution in [-0.2, 0) is 13.2 Å². The molecule has 0 amide bonds. The van der Waals surface area contributed by atoms with E-state index in [0.717, 1.165) is 4.47 Å². The Morgan fingerprint density at radius 3 is 2.65 bits per heavy atom. The number of benzene rings is 2. The molecule has 2 rings (SSSR count). The smallest absolute Gasteiger partial charge is 0.139 e. The highest BCUT2D eigenvalue weighted by Crippen LogP contribution is 2.30. The molecule has 0 saturated heterocycles. The van der Waals surface area contributed by atoms with Crippen LogP contribution >= 0.6 is 15.9 Å². The van der Waals surface area contributed by atoms with Gasteiger partial charge in [-0.15, -0.1) is 0 Å². The molecule has 0 spiro atoms. The van der Waals surface area contributed by atoms with Crippen molar-refractivity contribution in [2.24, 2.45) is 0 Å². The lowest BCUT2D eigenvalue weighted by molar-refractivity contribution is 0.256. The van der Waals surface area contributed by atoms with E-state index in [2.05, 4.69) is 15.9 Å². The van der Waals surface area contributed by atoms with Crippen LogP contribution in [0.5, 0.6) is 11.5 Å². The Bertz CT molecular complexity index is 602. The SMILES string of the molecule is COc1ccc(COc2c(Br)cccc2CO)c(F)c1. The Balaban J connectivity index is 2.17. The van der Waals surface area contributed by atoms with Crippen molar-refractivity contribution in [3.05, 3.63) is 57.8 Å². The van der Waals surface area contributed by atoms with Gasteiger partial charge in [0, 0.05) is 17.2 Å². The molecule has 0 saturated carbocycles. The third-order valence-corrected chi connectivity index (χ3v) is 3.48. The van der Waals surface area contributed by atoms with Gasteiger partial charge in [0.05, 0.1) is 18.2 Å². The summed E-state index contributed by atoms with van der Waals surface area (Å²) in [7, 11) is 1.49. The Hall–Kier alpha value is -1.59. The fourth-order valence-electron chi connectivity index (χ4n) is 1.76. The Kier molecular flexibility index (Phi) is 4.98. The average Bonchev–Trinajstić information content (AvgIpc) is 2.46. The van der Waals surface area contributed by atoms with Gasteiger partial charge in [-0.1, -0.05) is 12.1 Å². The summed E-state index contributed by atoms with van der Waals surface area (Å²) >= 11 is 3.35. The van der Waals surface area contributed by atoms with Crippen LogP contribution in [0.4, 0.5) is 4.39 Å². The number of hydrogen-bond acceptors (Lipinski definition) is 3. The quantitative estimate of drug-likeness (QED) is 0.902. The number of halogens is 2. The number of aliphatic hydroxyl groups is 1. The zero-order chi connectivity index (χ0) is 14.5. The van der Waals surface area contributed by atoms with E-state index in [9.17, 15) is 9.50 Å². The summed E-state index contributed by atoms with van der Waals surface area (Å²) < 4.78 is 25.1. The number of hydrogen-bond donors (Lipinski definition) is 1. The topological polar surface area (TPSA) is 38.7 Å². The zero-order valence-corrected chi connectivity index (χ0v) is 12.5. The maximum absolute atomic E-state index is 13.8. The molecule has 0 aliphatic carbocycles. The highest BCUT2D eigenvalue weighted by atomic mass is 79.9. The maximum atomic E-state index is 13.8. The highest BCUT2D eigenvalue weighted by molar-refractivity contribution is 9.10. The molecule has 2 aromatic carbocycles. The second-order valence-corrected chi connectivity index (χ2v) is 4.99. The minimum Gasteiger partial charge on any atom is -0.497 e. The van der Waals surface area contributed by atoms with E-state index in [4.69, 9.17) is 9.47 Å². The molecular weight excluding hydrogens is 327 g/mol. The minimum absolute atomic E-state index is 0.0748. The van der Waals surface area contributed by atoms with Gasteiger partial charge in [0.25, 0.3) is 0 Å². The van der Waals surface area contributed by atoms with E-state index in [-0.39, 0.29) is 19.0 Å². The number of methoxy groups -OCH3 is 1. The van der Waals surface area contributed by atoms with Gasteiger partial charge in [0.1, 0.15) is 23.9 Å². The van der Waals surface area contributed by atoms with Gasteiger partial charge in [-0.25, -0.2) is 4.39 Å². The molecule has 0 atom stereocenters. The van der Waals surface area contributed by atoms with Crippen LogP contribution < -0.4 is 9.47 Å². The molecule has 0 aromatic heterocycles. The van der Waals surface area contributed by atoms with E-state index < -0.39 is 0 Å². The summed E-state index contributed by atoms with van der Waals surface area (Å²) in [5.41, 5.74) is 1.07. The largest absolute Gasteiger partial charge is 0.497 e. The van der Waals surface area contributed by atoms with Crippen LogP contribution in [0.1, 0.15) is 11.1 Å². The van der Waals surface area contributed by atoms with Crippen LogP contribution in [0.2, 0.25) is 0 Å². The van der Waals surface area contributed by atoms with Gasteiger partial charge < -0.3 is 14.6 Å². The highest BCUT2D eigenvalue weighted by Gasteiger charge is 2.10. The summed E-state index contributed by atoms with van der Waals surface area (Å²) in [5.74, 6) is 0.593. The average molecular weight is 341 g/mol. The Morgan fingerprint density at radius 2 is 2.00 bits per heavy atom. The lowest BCUT2D eigenvalue weighted by Crippen LogP contribution is -2.02. The lowest BCUT2D eigenvalue weighted by atomic mass is 10.2. The van der Waals surface area contributed by atoms with Gasteiger partial charge in [-0.3, -0.25) is 0 Å². The fraction of sp³-hybridized carbons (Fsp3) is 0.200. The summed E-state index contributed by atoms with van der Waals surface area (Å²) in [5, 5.41) is 9.27. The predicted octanol–water partition coefficient (Wildman–Crippen LogP) is 3.67. The molecule has 0 unspecified atom stereocenters. The van der Waals surface area contributed by atoms with Gasteiger partial charge in [-0.05, 0) is 34.1 Å². The van der Waals surface area contributed by atoms with Crippen molar-refractivity contribution < 1.29 is 19.0 Å². The molecule has 0 bridgehead atoms. The molecule has 0 radical (unpaired) electrons. The fourth-order valence-corrected chi connectivity index (χ4v) is 2.28. The number of para-hydroxylation sites is 1. The molecule has 106 valence electrons. The lowest BCUT2D eigenvalue weighted by Gasteiger charge is -2.12. The van der Waals surface area contributed by atoms with Crippen LogP contribution in [-0.4, -0.2) is 12.2 Å². The first-order valence-corrected chi connectivity index (χ1v) is 6.78. The van der Waals surface area contributed by atoms with E-state index >= 15 is 0 Å². The van der Waals surface area contributed by atoms with Crippen LogP contribution in [0.15, 0.2) is 40.9 Å². The third kappa shape index (κ3) is 3.29. The van der Waals surface area contributed by atoms with Crippen molar-refractivity contribution >= 4 is 15.9 Å². The number of rotatable bonds is 5. The first-order chi connectivity index (χ1) is 9.65. The first kappa shape index (κ1) is 14.8. The number of ether oxygens (including phenoxy) is 2. The predicted molar refractivity (Wildman–Crippen MR) is 77.3 cm³/mol. The molecule has 5 heteroatoms. The normalized spacial score (nSPS) is 10.4. The molecular formula is C15H14BrFO3. The van der Waals surface area contributed by atoms with Gasteiger partial charge >= 0.3 is 0 Å². The molecule has 1 N–H and O–H groups in total. The third-order valence-electron chi connectivity index (χ3n) is 2.85. The summed E-state index contributed by atoms with van der Waals surface area (Å²) in [6, 6.07) is 9.96. The zero-order valence-electron chi connectivity index (χ0n) is 10.9. The first-order valence-electron chi connectivity index (χ1n) is 5.99. The molecule has 20 heavy (non-hydrogen) atoms. The molecule has 0 aliphatic heterocycles. The van der Waals surface area contributed by atoms with Crippen LogP contribution in [0.25, 0.3) is 0 Å². The summed E-state index contributed by atoms with van der Waals surface area (Å²) in [6.07, 6.45) is 0. The maximum Gasteiger partial charge on any atom is 0.139 e.